The van der Waals surface area contributed by atoms with E-state index in [2.05, 4.69) is 13.0 Å². The van der Waals surface area contributed by atoms with Gasteiger partial charge in [0, 0.05) is 13.1 Å². The van der Waals surface area contributed by atoms with Gasteiger partial charge in [0.1, 0.15) is 0 Å². The number of rotatable bonds is 0. The van der Waals surface area contributed by atoms with Crippen molar-refractivity contribution in [1.82, 2.24) is 4.90 Å². The Morgan fingerprint density at radius 3 is 2.84 bits per heavy atom. The van der Waals surface area contributed by atoms with Gasteiger partial charge in [-0.25, -0.2) is 0 Å². The molecule has 2 bridgehead atoms. The van der Waals surface area contributed by atoms with Gasteiger partial charge in [-0.05, 0) is 30.1 Å². The van der Waals surface area contributed by atoms with Crippen LogP contribution in [-0.2, 0) is 4.79 Å². The molecule has 1 saturated heterocycles. The van der Waals surface area contributed by atoms with E-state index in [0.717, 1.165) is 17.7 Å². The highest BCUT2D eigenvalue weighted by atomic mass is 19.4. The first-order valence-corrected chi connectivity index (χ1v) is 6.55. The van der Waals surface area contributed by atoms with E-state index >= 15 is 0 Å². The molecular weight excluding hydrogens is 255 g/mol. The molecule has 1 heterocycles. The molecule has 3 rings (SSSR count). The number of likely N-dealkylation sites (tertiary alicyclic amines) is 1. The smallest absolute Gasteiger partial charge is 0.334 e. The minimum atomic E-state index is -4.75. The van der Waals surface area contributed by atoms with Gasteiger partial charge in [-0.2, -0.15) is 13.2 Å². The Kier molecular flexibility index (Phi) is 2.60. The molecule has 19 heavy (non-hydrogen) atoms. The Labute approximate surface area is 110 Å². The van der Waals surface area contributed by atoms with Crippen LogP contribution in [0.2, 0.25) is 0 Å². The molecule has 0 spiro atoms. The van der Waals surface area contributed by atoms with Crippen molar-refractivity contribution in [2.45, 2.75) is 25.9 Å². The number of alkyl halides is 3. The SMILES string of the molecule is CC12CC=CC=C1C1CC2CN(C(=O)C(F)(F)F)C1. The highest BCUT2D eigenvalue weighted by Gasteiger charge is 2.54. The molecule has 1 aliphatic heterocycles. The maximum Gasteiger partial charge on any atom is 0.471 e. The van der Waals surface area contributed by atoms with Crippen LogP contribution >= 0.6 is 0 Å². The van der Waals surface area contributed by atoms with Gasteiger partial charge >= 0.3 is 12.1 Å². The third-order valence-corrected chi connectivity index (χ3v) is 4.93. The van der Waals surface area contributed by atoms with Crippen molar-refractivity contribution in [2.75, 3.05) is 13.1 Å². The van der Waals surface area contributed by atoms with Crippen LogP contribution in [0.25, 0.3) is 0 Å². The number of nitrogens with zero attached hydrogens (tertiary/aromatic N) is 1. The van der Waals surface area contributed by atoms with Gasteiger partial charge < -0.3 is 4.90 Å². The van der Waals surface area contributed by atoms with Gasteiger partial charge in [0.15, 0.2) is 0 Å². The van der Waals surface area contributed by atoms with E-state index in [1.807, 2.05) is 12.2 Å². The molecule has 3 aliphatic rings. The summed E-state index contributed by atoms with van der Waals surface area (Å²) in [4.78, 5) is 12.4. The second-order valence-corrected chi connectivity index (χ2v) is 6.01. The Balaban J connectivity index is 1.87. The predicted molar refractivity (Wildman–Crippen MR) is 64.2 cm³/mol. The van der Waals surface area contributed by atoms with Crippen molar-refractivity contribution in [2.24, 2.45) is 17.3 Å². The predicted octanol–water partition coefficient (Wildman–Crippen LogP) is 2.92. The number of halogens is 3. The van der Waals surface area contributed by atoms with Crippen molar-refractivity contribution in [1.29, 1.82) is 0 Å². The monoisotopic (exact) mass is 271 g/mol. The second kappa shape index (κ2) is 3.87. The number of hydrogen-bond donors (Lipinski definition) is 0. The zero-order chi connectivity index (χ0) is 13.8. The van der Waals surface area contributed by atoms with Crippen LogP contribution in [0.1, 0.15) is 19.8 Å². The molecule has 0 N–H and O–H groups in total. The molecule has 0 aromatic heterocycles. The van der Waals surface area contributed by atoms with E-state index in [4.69, 9.17) is 0 Å². The van der Waals surface area contributed by atoms with Crippen LogP contribution in [0.4, 0.5) is 13.2 Å². The molecule has 1 amide bonds. The highest BCUT2D eigenvalue weighted by Crippen LogP contribution is 2.56. The van der Waals surface area contributed by atoms with Crippen molar-refractivity contribution < 1.29 is 18.0 Å². The van der Waals surface area contributed by atoms with Crippen LogP contribution in [0, 0.1) is 17.3 Å². The van der Waals surface area contributed by atoms with E-state index in [0.29, 0.717) is 0 Å². The molecule has 104 valence electrons. The molecule has 3 atom stereocenters. The average Bonchev–Trinajstić information content (AvgIpc) is 2.55. The maximum absolute atomic E-state index is 12.6. The normalized spacial score (nSPS) is 37.1. The second-order valence-electron chi connectivity index (χ2n) is 6.01. The van der Waals surface area contributed by atoms with Crippen molar-refractivity contribution in [3.05, 3.63) is 23.8 Å². The van der Waals surface area contributed by atoms with E-state index in [1.54, 1.807) is 0 Å². The molecule has 0 radical (unpaired) electrons. The van der Waals surface area contributed by atoms with Crippen molar-refractivity contribution >= 4 is 5.91 Å². The number of fused-ring (bicyclic) bond motifs is 5. The summed E-state index contributed by atoms with van der Waals surface area (Å²) in [6, 6.07) is 0. The van der Waals surface area contributed by atoms with Gasteiger partial charge in [0.25, 0.3) is 0 Å². The topological polar surface area (TPSA) is 20.3 Å². The summed E-state index contributed by atoms with van der Waals surface area (Å²) in [6.07, 6.45) is 3.11. The lowest BCUT2D eigenvalue weighted by atomic mass is 9.72. The molecule has 2 fully saturated rings. The van der Waals surface area contributed by atoms with E-state index in [-0.39, 0.29) is 30.3 Å². The summed E-state index contributed by atoms with van der Waals surface area (Å²) in [5, 5.41) is 0. The number of hydrogen-bond acceptors (Lipinski definition) is 1. The fraction of sp³-hybridized carbons (Fsp3) is 0.643. The number of carbonyl (C=O) groups is 1. The summed E-state index contributed by atoms with van der Waals surface area (Å²) in [5.74, 6) is -1.44. The first-order chi connectivity index (χ1) is 8.82. The summed E-state index contributed by atoms with van der Waals surface area (Å²) in [7, 11) is 0. The molecule has 2 nitrogen and oxygen atoms in total. The largest absolute Gasteiger partial charge is 0.471 e. The van der Waals surface area contributed by atoms with Crippen molar-refractivity contribution in [3.8, 4) is 0 Å². The van der Waals surface area contributed by atoms with Gasteiger partial charge in [0.05, 0.1) is 0 Å². The molecule has 0 aromatic rings. The molecule has 3 unspecified atom stereocenters. The molecule has 5 heteroatoms. The number of amides is 1. The number of piperidine rings is 1. The fourth-order valence-corrected chi connectivity index (χ4v) is 3.93. The highest BCUT2D eigenvalue weighted by molar-refractivity contribution is 5.82. The zero-order valence-electron chi connectivity index (χ0n) is 10.7. The van der Waals surface area contributed by atoms with Crippen LogP contribution in [0.5, 0.6) is 0 Å². The van der Waals surface area contributed by atoms with E-state index in [1.165, 1.54) is 5.57 Å². The van der Waals surface area contributed by atoms with Gasteiger partial charge in [-0.1, -0.05) is 30.7 Å². The quantitative estimate of drug-likeness (QED) is 0.663. The van der Waals surface area contributed by atoms with Crippen LogP contribution < -0.4 is 0 Å². The van der Waals surface area contributed by atoms with E-state index < -0.39 is 12.1 Å². The van der Waals surface area contributed by atoms with Crippen molar-refractivity contribution in [3.63, 3.8) is 0 Å². The summed E-state index contributed by atoms with van der Waals surface area (Å²) < 4.78 is 37.7. The standard InChI is InChI=1S/C14H16F3NO/c1-13-5-3-2-4-11(13)9-6-10(13)8-18(7-9)12(19)14(15,16)17/h2-4,9-10H,5-8H2,1H3. The third-order valence-electron chi connectivity index (χ3n) is 4.93. The Hall–Kier alpha value is -1.26. The lowest BCUT2D eigenvalue weighted by Gasteiger charge is -2.36. The Morgan fingerprint density at radius 1 is 1.42 bits per heavy atom. The first kappa shape index (κ1) is 12.8. The molecule has 1 saturated carbocycles. The minimum absolute atomic E-state index is 0.0555. The van der Waals surface area contributed by atoms with Crippen LogP contribution in [0.3, 0.4) is 0 Å². The summed E-state index contributed by atoms with van der Waals surface area (Å²) >= 11 is 0. The van der Waals surface area contributed by atoms with Gasteiger partial charge in [-0.15, -0.1) is 0 Å². The fourth-order valence-electron chi connectivity index (χ4n) is 3.93. The third kappa shape index (κ3) is 1.82. The minimum Gasteiger partial charge on any atom is -0.334 e. The first-order valence-electron chi connectivity index (χ1n) is 6.55. The van der Waals surface area contributed by atoms with Crippen LogP contribution in [-0.4, -0.2) is 30.1 Å². The summed E-state index contributed by atoms with van der Waals surface area (Å²) in [6.45, 7) is 2.56. The molecule has 0 aromatic carbocycles. The van der Waals surface area contributed by atoms with E-state index in [9.17, 15) is 18.0 Å². The number of allylic oxidation sites excluding steroid dienone is 3. The molecular formula is C14H16F3NO. The Bertz CT molecular complexity index is 480. The number of carbonyl (C=O) groups excluding carboxylic acids is 1. The average molecular weight is 271 g/mol. The Morgan fingerprint density at radius 2 is 2.16 bits per heavy atom. The van der Waals surface area contributed by atoms with Gasteiger partial charge in [-0.3, -0.25) is 4.79 Å². The van der Waals surface area contributed by atoms with Crippen LogP contribution in [0.15, 0.2) is 23.8 Å². The lowest BCUT2D eigenvalue weighted by Crippen LogP contribution is -2.47. The molecule has 2 aliphatic carbocycles. The lowest BCUT2D eigenvalue weighted by molar-refractivity contribution is -0.187. The summed E-state index contributed by atoms with van der Waals surface area (Å²) in [5.41, 5.74) is 1.18. The van der Waals surface area contributed by atoms with Gasteiger partial charge in [0.2, 0.25) is 0 Å². The maximum atomic E-state index is 12.6. The zero-order valence-corrected chi connectivity index (χ0v) is 10.7.